The number of hydrogen-bond acceptors (Lipinski definition) is 1. The van der Waals surface area contributed by atoms with Crippen molar-refractivity contribution in [2.45, 2.75) is 32.8 Å². The van der Waals surface area contributed by atoms with Crippen molar-refractivity contribution in [3.05, 3.63) is 63.9 Å². The fraction of sp³-hybridized carbons (Fsp3) is 0.294. The summed E-state index contributed by atoms with van der Waals surface area (Å²) >= 11 is 3.24. The summed E-state index contributed by atoms with van der Waals surface area (Å²) in [5.74, 6) is 1.09. The summed E-state index contributed by atoms with van der Waals surface area (Å²) in [4.78, 5) is 0. The zero-order chi connectivity index (χ0) is 14.5. The van der Waals surface area contributed by atoms with Crippen LogP contribution in [0.25, 0.3) is 0 Å². The molecule has 0 radical (unpaired) electrons. The molecule has 0 amide bonds. The van der Waals surface area contributed by atoms with Crippen LogP contribution in [0.1, 0.15) is 37.3 Å². The van der Waals surface area contributed by atoms with Gasteiger partial charge in [0.25, 0.3) is 0 Å². The summed E-state index contributed by atoms with van der Waals surface area (Å²) in [5.41, 5.74) is 2.11. The topological polar surface area (TPSA) is 9.23 Å². The minimum absolute atomic E-state index is 0.266. The second-order valence-electron chi connectivity index (χ2n) is 4.88. The van der Waals surface area contributed by atoms with Crippen molar-refractivity contribution in [2.75, 3.05) is 0 Å². The normalized spacial score (nSPS) is 12.2. The molecule has 0 bridgehead atoms. The first-order valence-electron chi connectivity index (χ1n) is 6.77. The predicted octanol–water partition coefficient (Wildman–Crippen LogP) is 5.68. The van der Waals surface area contributed by atoms with Gasteiger partial charge in [0.1, 0.15) is 18.2 Å². The van der Waals surface area contributed by atoms with Crippen molar-refractivity contribution in [3.63, 3.8) is 0 Å². The van der Waals surface area contributed by atoms with Crippen LogP contribution in [0.15, 0.2) is 46.9 Å². The van der Waals surface area contributed by atoms with E-state index in [0.29, 0.717) is 17.0 Å². The van der Waals surface area contributed by atoms with Gasteiger partial charge in [0, 0.05) is 5.56 Å². The first kappa shape index (κ1) is 15.0. The highest BCUT2D eigenvalue weighted by atomic mass is 79.9. The average Bonchev–Trinajstić information content (AvgIpc) is 2.48. The molecule has 0 spiro atoms. The Kier molecular flexibility index (Phi) is 5.18. The molecule has 0 aromatic heterocycles. The van der Waals surface area contributed by atoms with Crippen LogP contribution in [0.4, 0.5) is 4.39 Å². The van der Waals surface area contributed by atoms with E-state index in [-0.39, 0.29) is 5.82 Å². The van der Waals surface area contributed by atoms with Crippen molar-refractivity contribution in [1.82, 2.24) is 0 Å². The van der Waals surface area contributed by atoms with Crippen molar-refractivity contribution in [3.8, 4) is 5.75 Å². The molecule has 0 aliphatic rings. The molecule has 2 aromatic rings. The van der Waals surface area contributed by atoms with Crippen LogP contribution in [0, 0.1) is 5.82 Å². The van der Waals surface area contributed by atoms with Crippen molar-refractivity contribution >= 4 is 15.9 Å². The highest BCUT2D eigenvalue weighted by molar-refractivity contribution is 9.10. The van der Waals surface area contributed by atoms with E-state index in [0.717, 1.165) is 17.7 Å². The monoisotopic (exact) mass is 336 g/mol. The molecule has 0 fully saturated rings. The highest BCUT2D eigenvalue weighted by Crippen LogP contribution is 2.24. The number of rotatable bonds is 5. The maximum absolute atomic E-state index is 13.4. The number of benzene rings is 2. The smallest absolute Gasteiger partial charge is 0.137 e. The summed E-state index contributed by atoms with van der Waals surface area (Å²) in [5, 5.41) is 0. The third-order valence-electron chi connectivity index (χ3n) is 3.49. The highest BCUT2D eigenvalue weighted by Gasteiger charge is 2.06. The third-order valence-corrected chi connectivity index (χ3v) is 4.38. The van der Waals surface area contributed by atoms with E-state index < -0.39 is 0 Å². The zero-order valence-corrected chi connectivity index (χ0v) is 13.3. The average molecular weight is 337 g/mol. The molecule has 2 rings (SSSR count). The molecule has 1 unspecified atom stereocenters. The summed E-state index contributed by atoms with van der Waals surface area (Å²) in [6.45, 7) is 4.73. The molecule has 1 atom stereocenters. The molecule has 0 aliphatic carbocycles. The lowest BCUT2D eigenvalue weighted by molar-refractivity contribution is 0.304. The second-order valence-corrected chi connectivity index (χ2v) is 5.67. The van der Waals surface area contributed by atoms with Gasteiger partial charge >= 0.3 is 0 Å². The SMILES string of the molecule is CCC(C)c1ccc(OCc2cccc(F)c2Br)cc1. The Balaban J connectivity index is 2.02. The van der Waals surface area contributed by atoms with Gasteiger partial charge in [0.05, 0.1) is 4.47 Å². The number of hydrogen-bond donors (Lipinski definition) is 0. The largest absolute Gasteiger partial charge is 0.489 e. The van der Waals surface area contributed by atoms with Crippen molar-refractivity contribution in [1.29, 1.82) is 0 Å². The standard InChI is InChI=1S/C17H18BrFO/c1-3-12(2)13-7-9-15(10-8-13)20-11-14-5-4-6-16(19)17(14)18/h4-10,12H,3,11H2,1-2H3. The summed E-state index contributed by atoms with van der Waals surface area (Å²) < 4.78 is 19.6. The summed E-state index contributed by atoms with van der Waals surface area (Å²) in [7, 11) is 0. The van der Waals surface area contributed by atoms with Gasteiger partial charge in [-0.2, -0.15) is 0 Å². The Hall–Kier alpha value is -1.35. The molecular weight excluding hydrogens is 319 g/mol. The maximum atomic E-state index is 13.4. The third kappa shape index (κ3) is 3.60. The van der Waals surface area contributed by atoms with Crippen molar-refractivity contribution < 1.29 is 9.13 Å². The van der Waals surface area contributed by atoms with E-state index in [1.165, 1.54) is 11.6 Å². The van der Waals surface area contributed by atoms with Gasteiger partial charge in [-0.3, -0.25) is 0 Å². The van der Waals surface area contributed by atoms with Crippen molar-refractivity contribution in [2.24, 2.45) is 0 Å². The van der Waals surface area contributed by atoms with Crippen LogP contribution in [0.2, 0.25) is 0 Å². The van der Waals surface area contributed by atoms with Crippen LogP contribution >= 0.6 is 15.9 Å². The Morgan fingerprint density at radius 3 is 2.50 bits per heavy atom. The fourth-order valence-electron chi connectivity index (χ4n) is 1.95. The first-order valence-corrected chi connectivity index (χ1v) is 7.56. The van der Waals surface area contributed by atoms with Crippen LogP contribution in [0.3, 0.4) is 0 Å². The summed E-state index contributed by atoms with van der Waals surface area (Å²) in [6, 6.07) is 13.1. The van der Waals surface area contributed by atoms with Gasteiger partial charge in [-0.05, 0) is 52.0 Å². The lowest BCUT2D eigenvalue weighted by Crippen LogP contribution is -1.98. The quantitative estimate of drug-likeness (QED) is 0.682. The molecule has 106 valence electrons. The minimum atomic E-state index is -0.266. The Labute approximate surface area is 127 Å². The molecule has 1 nitrogen and oxygen atoms in total. The molecule has 0 saturated carbocycles. The molecule has 2 aromatic carbocycles. The van der Waals surface area contributed by atoms with E-state index >= 15 is 0 Å². The Morgan fingerprint density at radius 1 is 1.15 bits per heavy atom. The van der Waals surface area contributed by atoms with Crippen LogP contribution in [0.5, 0.6) is 5.75 Å². The van der Waals surface area contributed by atoms with E-state index in [2.05, 4.69) is 41.9 Å². The molecule has 0 N–H and O–H groups in total. The van der Waals surface area contributed by atoms with Gasteiger partial charge in [0.15, 0.2) is 0 Å². The number of ether oxygens (including phenoxy) is 1. The maximum Gasteiger partial charge on any atom is 0.137 e. The van der Waals surface area contributed by atoms with E-state index in [4.69, 9.17) is 4.74 Å². The van der Waals surface area contributed by atoms with E-state index in [9.17, 15) is 4.39 Å². The van der Waals surface area contributed by atoms with Gasteiger partial charge in [-0.25, -0.2) is 4.39 Å². The molecule has 20 heavy (non-hydrogen) atoms. The van der Waals surface area contributed by atoms with Crippen LogP contribution < -0.4 is 4.74 Å². The lowest BCUT2D eigenvalue weighted by atomic mass is 9.99. The second kappa shape index (κ2) is 6.89. The molecule has 3 heteroatoms. The van der Waals surface area contributed by atoms with Gasteiger partial charge in [0.2, 0.25) is 0 Å². The minimum Gasteiger partial charge on any atom is -0.489 e. The zero-order valence-electron chi connectivity index (χ0n) is 11.7. The van der Waals surface area contributed by atoms with Gasteiger partial charge in [-0.1, -0.05) is 38.1 Å². The fourth-order valence-corrected chi connectivity index (χ4v) is 2.33. The lowest BCUT2D eigenvalue weighted by Gasteiger charge is -2.11. The van der Waals surface area contributed by atoms with Gasteiger partial charge < -0.3 is 4.74 Å². The Bertz CT molecular complexity index is 566. The van der Waals surface area contributed by atoms with Crippen LogP contribution in [-0.4, -0.2) is 0 Å². The Morgan fingerprint density at radius 2 is 1.85 bits per heavy atom. The van der Waals surface area contributed by atoms with E-state index in [1.807, 2.05) is 18.2 Å². The summed E-state index contributed by atoms with van der Waals surface area (Å²) in [6.07, 6.45) is 1.12. The molecule has 0 aliphatic heterocycles. The van der Waals surface area contributed by atoms with Gasteiger partial charge in [-0.15, -0.1) is 0 Å². The first-order chi connectivity index (χ1) is 9.61. The number of halogens is 2. The molecular formula is C17H18BrFO. The molecule has 0 saturated heterocycles. The molecule has 0 heterocycles. The van der Waals surface area contributed by atoms with Crippen LogP contribution in [-0.2, 0) is 6.61 Å². The predicted molar refractivity (Wildman–Crippen MR) is 83.6 cm³/mol. The van der Waals surface area contributed by atoms with E-state index in [1.54, 1.807) is 6.07 Å².